The van der Waals surface area contributed by atoms with Gasteiger partial charge < -0.3 is 16.0 Å². The molecule has 0 aliphatic carbocycles. The molecule has 6 heteroatoms. The Morgan fingerprint density at radius 3 is 2.34 bits per heavy atom. The molecule has 1 fully saturated rings. The Balaban J connectivity index is 0.00000184. The topological polar surface area (TPSA) is 75.4 Å². The number of allylic oxidation sites excluding steroid dienone is 3. The molecule has 0 aromatic heterocycles. The zero-order valence-corrected chi connectivity index (χ0v) is 20.0. The van der Waals surface area contributed by atoms with Gasteiger partial charge in [-0.05, 0) is 25.0 Å². The molecule has 1 saturated heterocycles. The fourth-order valence-corrected chi connectivity index (χ4v) is 4.67. The van der Waals surface area contributed by atoms with E-state index in [1.807, 2.05) is 78.0 Å². The van der Waals surface area contributed by atoms with Gasteiger partial charge in [0.2, 0.25) is 0 Å². The van der Waals surface area contributed by atoms with Crippen molar-refractivity contribution in [3.63, 3.8) is 0 Å². The van der Waals surface area contributed by atoms with Gasteiger partial charge in [-0.1, -0.05) is 70.6 Å². The summed E-state index contributed by atoms with van der Waals surface area (Å²) in [5.74, 6) is 0.0527. The largest absolute Gasteiger partial charge is 0.397 e. The molecule has 1 aliphatic heterocycles. The molecule has 3 N–H and O–H groups in total. The number of benzene rings is 1. The minimum absolute atomic E-state index is 0.0219. The van der Waals surface area contributed by atoms with Crippen LogP contribution in [0.3, 0.4) is 0 Å². The number of nitrogens with two attached hydrogens (primary N) is 1. The van der Waals surface area contributed by atoms with Gasteiger partial charge in [-0.25, -0.2) is 8.42 Å². The Morgan fingerprint density at radius 2 is 1.79 bits per heavy atom. The molecule has 1 heterocycles. The summed E-state index contributed by atoms with van der Waals surface area (Å²) in [6, 6.07) is 5.69. The molecule has 0 atom stereocenters. The molecular weight excluding hydrogens is 382 g/mol. The fraction of sp³-hybridized carbons (Fsp3) is 0.565. The summed E-state index contributed by atoms with van der Waals surface area (Å²) >= 11 is 0. The highest BCUT2D eigenvalue weighted by atomic mass is 32.2. The number of nitrogen functional groups attached to an aromatic ring is 1. The first-order chi connectivity index (χ1) is 14.0. The van der Waals surface area contributed by atoms with E-state index in [2.05, 4.69) is 10.2 Å². The maximum absolute atomic E-state index is 12.6. The van der Waals surface area contributed by atoms with Gasteiger partial charge in [-0.3, -0.25) is 0 Å². The van der Waals surface area contributed by atoms with Crippen LogP contribution < -0.4 is 16.0 Å². The molecule has 1 aromatic carbocycles. The highest BCUT2D eigenvalue weighted by molar-refractivity contribution is 7.90. The predicted molar refractivity (Wildman–Crippen MR) is 129 cm³/mol. The molecule has 5 nitrogen and oxygen atoms in total. The molecule has 0 spiro atoms. The van der Waals surface area contributed by atoms with Crippen molar-refractivity contribution < 1.29 is 8.42 Å². The Labute approximate surface area is 179 Å². The molecule has 0 unspecified atom stereocenters. The first kappa shape index (κ1) is 27.2. The van der Waals surface area contributed by atoms with Crippen LogP contribution in [0, 0.1) is 0 Å². The van der Waals surface area contributed by atoms with Crippen LogP contribution in [-0.2, 0) is 15.6 Å². The van der Waals surface area contributed by atoms with Crippen LogP contribution >= 0.6 is 0 Å². The number of anilines is 2. The van der Waals surface area contributed by atoms with Crippen molar-refractivity contribution in [1.82, 2.24) is 5.32 Å². The second kappa shape index (κ2) is 15.1. The van der Waals surface area contributed by atoms with E-state index in [1.165, 1.54) is 0 Å². The van der Waals surface area contributed by atoms with Crippen molar-refractivity contribution in [2.75, 3.05) is 42.6 Å². The zero-order chi connectivity index (χ0) is 22.3. The SMILES string of the molecule is C/C=C\C=C(/CC)CS(=O)(=O)Cc1cccc(N2CCNCC2)c1N.CC.CC. The summed E-state index contributed by atoms with van der Waals surface area (Å²) in [6.45, 7) is 15.5. The third-order valence-electron chi connectivity index (χ3n) is 4.39. The maximum Gasteiger partial charge on any atom is 0.158 e. The molecule has 0 radical (unpaired) electrons. The minimum Gasteiger partial charge on any atom is -0.397 e. The quantitative estimate of drug-likeness (QED) is 0.497. The number of sulfone groups is 1. The summed E-state index contributed by atoms with van der Waals surface area (Å²) in [4.78, 5) is 2.21. The molecule has 2 rings (SSSR count). The maximum atomic E-state index is 12.6. The summed E-state index contributed by atoms with van der Waals surface area (Å²) in [5, 5.41) is 3.31. The lowest BCUT2D eigenvalue weighted by Gasteiger charge is -2.31. The second-order valence-corrected chi connectivity index (χ2v) is 8.39. The molecule has 29 heavy (non-hydrogen) atoms. The van der Waals surface area contributed by atoms with Gasteiger partial charge in [0.25, 0.3) is 0 Å². The van der Waals surface area contributed by atoms with Gasteiger partial charge in [0.15, 0.2) is 9.84 Å². The summed E-state index contributed by atoms with van der Waals surface area (Å²) in [6.07, 6.45) is 6.39. The Bertz CT molecular complexity index is 734. The number of piperazine rings is 1. The van der Waals surface area contributed by atoms with E-state index >= 15 is 0 Å². The van der Waals surface area contributed by atoms with Gasteiger partial charge in [-0.2, -0.15) is 0 Å². The van der Waals surface area contributed by atoms with Gasteiger partial charge in [-0.15, -0.1) is 0 Å². The summed E-state index contributed by atoms with van der Waals surface area (Å²) < 4.78 is 25.3. The second-order valence-electron chi connectivity index (χ2n) is 6.32. The van der Waals surface area contributed by atoms with E-state index in [-0.39, 0.29) is 11.5 Å². The summed E-state index contributed by atoms with van der Waals surface area (Å²) in [7, 11) is -3.26. The number of hydrogen-bond donors (Lipinski definition) is 2. The lowest BCUT2D eigenvalue weighted by molar-refractivity contribution is 0.589. The van der Waals surface area contributed by atoms with Gasteiger partial charge >= 0.3 is 0 Å². The lowest BCUT2D eigenvalue weighted by Crippen LogP contribution is -2.43. The average Bonchev–Trinajstić information content (AvgIpc) is 2.76. The van der Waals surface area contributed by atoms with Crippen LogP contribution in [-0.4, -0.2) is 40.3 Å². The van der Waals surface area contributed by atoms with Crippen LogP contribution in [0.25, 0.3) is 0 Å². The van der Waals surface area contributed by atoms with Gasteiger partial charge in [0.05, 0.1) is 22.9 Å². The highest BCUT2D eigenvalue weighted by Gasteiger charge is 2.19. The average molecular weight is 424 g/mol. The van der Waals surface area contributed by atoms with Crippen LogP contribution in [0.4, 0.5) is 11.4 Å². The van der Waals surface area contributed by atoms with Crippen LogP contribution in [0.1, 0.15) is 53.5 Å². The third-order valence-corrected chi connectivity index (χ3v) is 5.95. The van der Waals surface area contributed by atoms with E-state index in [4.69, 9.17) is 5.73 Å². The molecule has 1 aromatic rings. The molecule has 0 bridgehead atoms. The van der Waals surface area contributed by atoms with Crippen molar-refractivity contribution in [1.29, 1.82) is 0 Å². The normalized spacial score (nSPS) is 14.7. The summed E-state index contributed by atoms with van der Waals surface area (Å²) in [5.41, 5.74) is 9.44. The first-order valence-corrected chi connectivity index (χ1v) is 12.6. The molecular formula is C23H41N3O2S. The van der Waals surface area contributed by atoms with Crippen LogP contribution in [0.2, 0.25) is 0 Å². The number of nitrogens with zero attached hydrogens (tertiary/aromatic N) is 1. The van der Waals surface area contributed by atoms with E-state index < -0.39 is 9.84 Å². The van der Waals surface area contributed by atoms with Gasteiger partial charge in [0.1, 0.15) is 0 Å². The van der Waals surface area contributed by atoms with E-state index in [9.17, 15) is 8.42 Å². The first-order valence-electron chi connectivity index (χ1n) is 10.8. The van der Waals surface area contributed by atoms with Crippen molar-refractivity contribution in [3.8, 4) is 0 Å². The van der Waals surface area contributed by atoms with Gasteiger partial charge in [0, 0.05) is 26.2 Å². The molecule has 1 aliphatic rings. The number of hydrogen-bond acceptors (Lipinski definition) is 5. The van der Waals surface area contributed by atoms with Crippen molar-refractivity contribution in [2.45, 2.75) is 53.7 Å². The number of para-hydroxylation sites is 1. The molecule has 0 amide bonds. The minimum atomic E-state index is -3.26. The molecule has 0 saturated carbocycles. The van der Waals surface area contributed by atoms with E-state index in [0.717, 1.165) is 43.9 Å². The van der Waals surface area contributed by atoms with Crippen LogP contribution in [0.15, 0.2) is 42.0 Å². The van der Waals surface area contributed by atoms with Crippen molar-refractivity contribution in [3.05, 3.63) is 47.6 Å². The number of nitrogens with one attached hydrogen (secondary N) is 1. The van der Waals surface area contributed by atoms with E-state index in [0.29, 0.717) is 11.3 Å². The monoisotopic (exact) mass is 423 g/mol. The van der Waals surface area contributed by atoms with Crippen molar-refractivity contribution in [2.24, 2.45) is 0 Å². The Hall–Kier alpha value is -1.79. The lowest BCUT2D eigenvalue weighted by atomic mass is 10.1. The van der Waals surface area contributed by atoms with Crippen molar-refractivity contribution >= 4 is 21.2 Å². The smallest absolute Gasteiger partial charge is 0.158 e. The third kappa shape index (κ3) is 9.50. The highest BCUT2D eigenvalue weighted by Crippen LogP contribution is 2.28. The Kier molecular flexibility index (Phi) is 14.2. The standard InChI is InChI=1S/C19H29N3O2S.2C2H6/c1-3-5-7-16(4-2)14-25(23,24)15-17-8-6-9-18(19(17)20)22-12-10-21-11-13-22;2*1-2/h3,5-9,21H,4,10-15,20H2,1-2H3;2*1-2H3/b5-3-,16-7+;;. The van der Waals surface area contributed by atoms with Crippen LogP contribution in [0.5, 0.6) is 0 Å². The molecule has 166 valence electrons. The Morgan fingerprint density at radius 1 is 1.17 bits per heavy atom. The number of rotatable bonds is 7. The van der Waals surface area contributed by atoms with E-state index in [1.54, 1.807) is 0 Å². The fourth-order valence-electron chi connectivity index (χ4n) is 2.98. The predicted octanol–water partition coefficient (Wildman–Crippen LogP) is 4.56. The zero-order valence-electron chi connectivity index (χ0n) is 19.2.